The van der Waals surface area contributed by atoms with Gasteiger partial charge in [-0.05, 0) is 23.9 Å². The first kappa shape index (κ1) is 16.7. The minimum atomic E-state index is -0.185. The van der Waals surface area contributed by atoms with Crippen molar-refractivity contribution in [2.45, 2.75) is 13.0 Å². The van der Waals surface area contributed by atoms with E-state index in [1.807, 2.05) is 71.8 Å². The number of hydrogen-bond donors (Lipinski definition) is 0. The van der Waals surface area contributed by atoms with E-state index < -0.39 is 0 Å². The fourth-order valence-electron chi connectivity index (χ4n) is 2.80. The van der Waals surface area contributed by atoms with Gasteiger partial charge in [0.2, 0.25) is 0 Å². The van der Waals surface area contributed by atoms with E-state index in [0.29, 0.717) is 12.2 Å². The van der Waals surface area contributed by atoms with Crippen molar-refractivity contribution in [3.05, 3.63) is 75.8 Å². The van der Waals surface area contributed by atoms with Gasteiger partial charge in [0.1, 0.15) is 12.1 Å². The highest BCUT2D eigenvalue weighted by molar-refractivity contribution is 7.12. The van der Waals surface area contributed by atoms with E-state index in [2.05, 4.69) is 17.1 Å². The first-order valence-corrected chi connectivity index (χ1v) is 8.83. The topological polar surface area (TPSA) is 63.2 Å². The van der Waals surface area contributed by atoms with E-state index in [1.165, 1.54) is 0 Å². The molecule has 122 valence electrons. The number of hydrogen-bond acceptors (Lipinski definition) is 5. The number of benzene rings is 1. The molecule has 1 aliphatic heterocycles. The van der Waals surface area contributed by atoms with Crippen LogP contribution in [-0.4, -0.2) is 23.2 Å². The van der Waals surface area contributed by atoms with Gasteiger partial charge in [-0.25, -0.2) is 4.99 Å². The van der Waals surface area contributed by atoms with Gasteiger partial charge in [-0.15, -0.1) is 11.3 Å². The molecule has 0 aliphatic carbocycles. The quantitative estimate of drug-likeness (QED) is 0.834. The maximum absolute atomic E-state index is 9.52. The predicted octanol–water partition coefficient (Wildman–Crippen LogP) is 4.21. The summed E-state index contributed by atoms with van der Waals surface area (Å²) in [5.41, 5.74) is 2.39. The molecule has 25 heavy (non-hydrogen) atoms. The second-order valence-corrected chi connectivity index (χ2v) is 6.34. The van der Waals surface area contributed by atoms with Crippen molar-refractivity contribution in [2.24, 2.45) is 4.99 Å². The Labute approximate surface area is 151 Å². The van der Waals surface area contributed by atoms with Gasteiger partial charge in [0, 0.05) is 6.54 Å². The van der Waals surface area contributed by atoms with Crippen LogP contribution in [-0.2, 0) is 0 Å². The average molecular weight is 344 g/mol. The van der Waals surface area contributed by atoms with Gasteiger partial charge in [-0.2, -0.15) is 10.5 Å². The molecule has 0 unspecified atom stereocenters. The molecular formula is C20H16N4S. The zero-order valence-electron chi connectivity index (χ0n) is 13.8. The number of nitriles is 2. The maximum Gasteiger partial charge on any atom is 0.175 e. The van der Waals surface area contributed by atoms with E-state index in [-0.39, 0.29) is 11.7 Å². The Hall–Kier alpha value is -3.15. The molecular weight excluding hydrogens is 328 g/mol. The highest BCUT2D eigenvalue weighted by Crippen LogP contribution is 2.27. The van der Waals surface area contributed by atoms with Gasteiger partial charge >= 0.3 is 0 Å². The standard InChI is InChI=1S/C20H16N4S/c1-2-24-17(11-10-15-7-4-3-5-8-15)20(19-9-6-12-25-19)23-16(13-21)18(24)14-22/h3-12,17H,2H2,1H3/b11-10+/t17-/m1/s1. The minimum Gasteiger partial charge on any atom is -0.349 e. The maximum atomic E-state index is 9.52. The van der Waals surface area contributed by atoms with Crippen LogP contribution >= 0.6 is 11.3 Å². The van der Waals surface area contributed by atoms with Crippen LogP contribution in [0.1, 0.15) is 17.4 Å². The Morgan fingerprint density at radius 3 is 2.56 bits per heavy atom. The van der Waals surface area contributed by atoms with Gasteiger partial charge in [0.25, 0.3) is 0 Å². The van der Waals surface area contributed by atoms with Crippen LogP contribution < -0.4 is 0 Å². The monoisotopic (exact) mass is 344 g/mol. The number of rotatable bonds is 4. The SMILES string of the molecule is CCN1C(C#N)=C(C#N)N=C(c2cccs2)[C@H]1/C=C/c1ccccc1. The van der Waals surface area contributed by atoms with Crippen molar-refractivity contribution >= 4 is 23.1 Å². The van der Waals surface area contributed by atoms with Crippen molar-refractivity contribution in [1.29, 1.82) is 10.5 Å². The molecule has 0 bridgehead atoms. The Balaban J connectivity index is 2.09. The molecule has 0 saturated heterocycles. The van der Waals surface area contributed by atoms with Crippen LogP contribution in [0, 0.1) is 22.7 Å². The fourth-order valence-corrected chi connectivity index (χ4v) is 3.55. The third-order valence-corrected chi connectivity index (χ3v) is 4.85. The van der Waals surface area contributed by atoms with Crippen molar-refractivity contribution in [2.75, 3.05) is 6.54 Å². The zero-order valence-corrected chi connectivity index (χ0v) is 14.6. The second kappa shape index (κ2) is 7.61. The van der Waals surface area contributed by atoms with E-state index >= 15 is 0 Å². The third-order valence-electron chi connectivity index (χ3n) is 3.96. The summed E-state index contributed by atoms with van der Waals surface area (Å²) in [6.45, 7) is 2.59. The van der Waals surface area contributed by atoms with Crippen molar-refractivity contribution < 1.29 is 0 Å². The Kier molecular flexibility index (Phi) is 5.09. The highest BCUT2D eigenvalue weighted by atomic mass is 32.1. The summed E-state index contributed by atoms with van der Waals surface area (Å²) < 4.78 is 0. The fraction of sp³-hybridized carbons (Fsp3) is 0.150. The summed E-state index contributed by atoms with van der Waals surface area (Å²) in [5.74, 6) is 0. The first-order chi connectivity index (χ1) is 12.3. The molecule has 0 saturated carbocycles. The number of allylic oxidation sites excluding steroid dienone is 2. The largest absolute Gasteiger partial charge is 0.349 e. The number of thiophene rings is 1. The molecule has 2 aromatic rings. The Morgan fingerprint density at radius 2 is 1.96 bits per heavy atom. The van der Waals surface area contributed by atoms with Crippen LogP contribution in [0.3, 0.4) is 0 Å². The lowest BCUT2D eigenvalue weighted by atomic mass is 10.0. The zero-order chi connectivity index (χ0) is 17.6. The summed E-state index contributed by atoms with van der Waals surface area (Å²) in [4.78, 5) is 7.45. The normalized spacial score (nSPS) is 17.3. The second-order valence-electron chi connectivity index (χ2n) is 5.40. The number of aliphatic imine (C=N–C) groups is 1. The summed E-state index contributed by atoms with van der Waals surface area (Å²) in [6.07, 6.45) is 4.08. The summed E-state index contributed by atoms with van der Waals surface area (Å²) in [7, 11) is 0. The third kappa shape index (κ3) is 3.38. The van der Waals surface area contributed by atoms with Crippen LogP contribution in [0.4, 0.5) is 0 Å². The van der Waals surface area contributed by atoms with Crippen LogP contribution in [0.2, 0.25) is 0 Å². The van der Waals surface area contributed by atoms with Crippen LogP contribution in [0.5, 0.6) is 0 Å². The van der Waals surface area contributed by atoms with Crippen LogP contribution in [0.15, 0.2) is 70.3 Å². The summed E-state index contributed by atoms with van der Waals surface area (Å²) in [5, 5.41) is 20.9. The lowest BCUT2D eigenvalue weighted by Gasteiger charge is -2.33. The molecule has 0 amide bonds. The molecule has 0 N–H and O–H groups in total. The summed E-state index contributed by atoms with van der Waals surface area (Å²) >= 11 is 1.58. The minimum absolute atomic E-state index is 0.178. The van der Waals surface area contributed by atoms with E-state index in [4.69, 9.17) is 0 Å². The number of likely N-dealkylation sites (N-methyl/N-ethyl adjacent to an activating group) is 1. The Morgan fingerprint density at radius 1 is 1.16 bits per heavy atom. The predicted molar refractivity (Wildman–Crippen MR) is 101 cm³/mol. The van der Waals surface area contributed by atoms with Gasteiger partial charge in [0.15, 0.2) is 11.4 Å². The summed E-state index contributed by atoms with van der Waals surface area (Å²) in [6, 6.07) is 18.0. The lowest BCUT2D eigenvalue weighted by molar-refractivity contribution is 0.366. The molecule has 1 aromatic heterocycles. The van der Waals surface area contributed by atoms with E-state index in [1.54, 1.807) is 11.3 Å². The first-order valence-electron chi connectivity index (χ1n) is 7.95. The van der Waals surface area contributed by atoms with E-state index in [0.717, 1.165) is 16.2 Å². The molecule has 1 aromatic carbocycles. The van der Waals surface area contributed by atoms with Crippen molar-refractivity contribution in [3.63, 3.8) is 0 Å². The van der Waals surface area contributed by atoms with Gasteiger partial charge < -0.3 is 4.90 Å². The molecule has 0 fully saturated rings. The molecule has 1 aliphatic rings. The van der Waals surface area contributed by atoms with Crippen molar-refractivity contribution in [1.82, 2.24) is 4.90 Å². The molecule has 4 nitrogen and oxygen atoms in total. The molecule has 3 rings (SSSR count). The van der Waals surface area contributed by atoms with Gasteiger partial charge in [-0.1, -0.05) is 48.6 Å². The average Bonchev–Trinajstić information content (AvgIpc) is 3.20. The molecule has 2 heterocycles. The van der Waals surface area contributed by atoms with Gasteiger partial charge in [-0.3, -0.25) is 0 Å². The Bertz CT molecular complexity index is 909. The van der Waals surface area contributed by atoms with Crippen LogP contribution in [0.25, 0.3) is 6.08 Å². The molecule has 0 spiro atoms. The smallest absolute Gasteiger partial charge is 0.175 e. The highest BCUT2D eigenvalue weighted by Gasteiger charge is 2.31. The van der Waals surface area contributed by atoms with Gasteiger partial charge in [0.05, 0.1) is 16.6 Å². The molecule has 1 atom stereocenters. The number of nitrogens with zero attached hydrogens (tertiary/aromatic N) is 4. The molecule has 5 heteroatoms. The lowest BCUT2D eigenvalue weighted by Crippen LogP contribution is -2.42. The van der Waals surface area contributed by atoms with E-state index in [9.17, 15) is 10.5 Å². The van der Waals surface area contributed by atoms with Crippen molar-refractivity contribution in [3.8, 4) is 12.1 Å². The molecule has 0 radical (unpaired) electrons.